The minimum atomic E-state index is -0.260. The van der Waals surface area contributed by atoms with Gasteiger partial charge in [0.15, 0.2) is 0 Å². The van der Waals surface area contributed by atoms with Gasteiger partial charge in [-0.1, -0.05) is 29.5 Å². The number of hydrogen-bond acceptors (Lipinski definition) is 5. The molecule has 2 aromatic carbocycles. The van der Waals surface area contributed by atoms with Crippen molar-refractivity contribution in [3.05, 3.63) is 53.8 Å². The lowest BCUT2D eigenvalue weighted by Gasteiger charge is -2.20. The highest BCUT2D eigenvalue weighted by Gasteiger charge is 2.41. The summed E-state index contributed by atoms with van der Waals surface area (Å²) in [6.07, 6.45) is 0. The van der Waals surface area contributed by atoms with E-state index in [0.717, 1.165) is 36.4 Å². The second-order valence-electron chi connectivity index (χ2n) is 7.67. The Labute approximate surface area is 185 Å². The first-order valence-corrected chi connectivity index (χ1v) is 11.4. The summed E-state index contributed by atoms with van der Waals surface area (Å²) in [5.41, 5.74) is 1.55. The van der Waals surface area contributed by atoms with E-state index in [9.17, 15) is 9.18 Å². The van der Waals surface area contributed by atoms with Crippen molar-refractivity contribution >= 4 is 48.1 Å². The van der Waals surface area contributed by atoms with Crippen LogP contribution in [0.15, 0.2) is 42.5 Å². The van der Waals surface area contributed by atoms with Crippen LogP contribution in [0.2, 0.25) is 0 Å². The minimum Gasteiger partial charge on any atom is -0.431 e. The van der Waals surface area contributed by atoms with E-state index in [1.807, 2.05) is 51.8 Å². The molecule has 29 heavy (non-hydrogen) atoms. The van der Waals surface area contributed by atoms with Gasteiger partial charge < -0.3 is 9.64 Å². The number of para-hydroxylation sites is 1. The normalized spacial score (nSPS) is 21.7. The molecule has 0 saturated carbocycles. The highest BCUT2D eigenvalue weighted by molar-refractivity contribution is 14.1. The molecule has 8 heteroatoms. The summed E-state index contributed by atoms with van der Waals surface area (Å²) >= 11 is 3.30. The van der Waals surface area contributed by atoms with Crippen molar-refractivity contribution in [1.29, 1.82) is 0 Å². The van der Waals surface area contributed by atoms with Gasteiger partial charge in [0.1, 0.15) is 11.6 Å². The summed E-state index contributed by atoms with van der Waals surface area (Å²) in [4.78, 5) is 20.2. The fourth-order valence-corrected chi connectivity index (χ4v) is 5.55. The molecule has 2 saturated heterocycles. The van der Waals surface area contributed by atoms with Gasteiger partial charge in [0.05, 0.1) is 10.2 Å². The van der Waals surface area contributed by atoms with E-state index in [4.69, 9.17) is 4.74 Å². The van der Waals surface area contributed by atoms with Gasteiger partial charge in [0.2, 0.25) is 0 Å². The fraction of sp³-hybridized carbons (Fsp3) is 0.333. The van der Waals surface area contributed by atoms with Crippen LogP contribution >= 0.6 is 33.9 Å². The van der Waals surface area contributed by atoms with Crippen molar-refractivity contribution in [1.82, 2.24) is 14.8 Å². The zero-order valence-electron chi connectivity index (χ0n) is 15.6. The second-order valence-corrected chi connectivity index (χ2v) is 9.59. The summed E-state index contributed by atoms with van der Waals surface area (Å²) in [6, 6.07) is 12.9. The molecule has 1 amide bonds. The lowest BCUT2D eigenvalue weighted by molar-refractivity contribution is 0.224. The highest BCUT2D eigenvalue weighted by atomic mass is 127. The molecule has 5 nitrogen and oxygen atoms in total. The number of halogens is 2. The van der Waals surface area contributed by atoms with E-state index in [0.29, 0.717) is 34.9 Å². The molecule has 2 aliphatic rings. The van der Waals surface area contributed by atoms with E-state index in [2.05, 4.69) is 9.88 Å². The lowest BCUT2D eigenvalue weighted by Crippen LogP contribution is -2.30. The number of carbonyl (C=O) groups excluding carboxylic acids is 1. The third-order valence-corrected chi connectivity index (χ3v) is 7.31. The molecule has 3 aromatic rings. The largest absolute Gasteiger partial charge is 0.431 e. The third kappa shape index (κ3) is 3.97. The Morgan fingerprint density at radius 3 is 2.62 bits per heavy atom. The summed E-state index contributed by atoms with van der Waals surface area (Å²) in [5, 5.41) is 0.514. The van der Waals surface area contributed by atoms with E-state index in [1.165, 1.54) is 17.4 Å². The van der Waals surface area contributed by atoms with E-state index < -0.39 is 0 Å². The molecule has 2 unspecified atom stereocenters. The standard InChI is InChI=1S/C21H19FIN3O2S/c22-17-7-16(28-21-24-18-3-1-2-4-19(18)29-21)6-5-13(17)8-25-9-14-11-26(20(23)27)12-15(14)10-25/h1-7,14-15H,8-12H2. The Kier molecular flexibility index (Phi) is 5.17. The second kappa shape index (κ2) is 7.81. The van der Waals surface area contributed by atoms with Gasteiger partial charge in [0.25, 0.3) is 9.11 Å². The SMILES string of the molecule is O=C(I)N1CC2CN(Cc3ccc(Oc4nc5ccccc5s4)cc3F)CC2C1. The Morgan fingerprint density at radius 2 is 1.93 bits per heavy atom. The van der Waals surface area contributed by atoms with Gasteiger partial charge in [0, 0.05) is 66.9 Å². The molecule has 0 aliphatic carbocycles. The summed E-state index contributed by atoms with van der Waals surface area (Å²) in [5.74, 6) is 1.20. The summed E-state index contributed by atoms with van der Waals surface area (Å²) < 4.78 is 21.6. The predicted octanol–water partition coefficient (Wildman–Crippen LogP) is 5.15. The van der Waals surface area contributed by atoms with Gasteiger partial charge in [-0.05, 0) is 30.0 Å². The van der Waals surface area contributed by atoms with E-state index >= 15 is 0 Å². The molecule has 5 rings (SSSR count). The van der Waals surface area contributed by atoms with Crippen LogP contribution in [-0.2, 0) is 6.54 Å². The number of fused-ring (bicyclic) bond motifs is 2. The van der Waals surface area contributed by atoms with Crippen LogP contribution in [0, 0.1) is 17.7 Å². The van der Waals surface area contributed by atoms with Crippen LogP contribution < -0.4 is 4.74 Å². The van der Waals surface area contributed by atoms with Gasteiger partial charge in [-0.2, -0.15) is 0 Å². The Hall–Kier alpha value is -1.78. The van der Waals surface area contributed by atoms with Gasteiger partial charge in [-0.3, -0.25) is 9.69 Å². The number of amides is 1. The lowest BCUT2D eigenvalue weighted by atomic mass is 10.0. The van der Waals surface area contributed by atoms with Crippen molar-refractivity contribution in [2.75, 3.05) is 26.2 Å². The quantitative estimate of drug-likeness (QED) is 0.270. The van der Waals surface area contributed by atoms with Crippen LogP contribution in [0.1, 0.15) is 5.56 Å². The smallest absolute Gasteiger partial charge is 0.283 e. The molecule has 0 N–H and O–H groups in total. The van der Waals surface area contributed by atoms with Crippen LogP contribution in [0.4, 0.5) is 9.18 Å². The maximum atomic E-state index is 14.7. The average Bonchev–Trinajstić information content (AvgIpc) is 3.36. The topological polar surface area (TPSA) is 45.7 Å². The van der Waals surface area contributed by atoms with Crippen molar-refractivity contribution in [2.45, 2.75) is 6.54 Å². The molecule has 0 spiro atoms. The number of thiazole rings is 1. The van der Waals surface area contributed by atoms with Crippen molar-refractivity contribution in [2.24, 2.45) is 11.8 Å². The van der Waals surface area contributed by atoms with Crippen molar-refractivity contribution in [3.63, 3.8) is 0 Å². The van der Waals surface area contributed by atoms with Gasteiger partial charge >= 0.3 is 0 Å². The monoisotopic (exact) mass is 523 g/mol. The number of ether oxygens (including phenoxy) is 1. The fourth-order valence-electron chi connectivity index (χ4n) is 4.32. The molecular weight excluding hydrogens is 504 g/mol. The first-order chi connectivity index (χ1) is 14.0. The molecule has 1 aromatic heterocycles. The molecule has 0 radical (unpaired) electrons. The number of aromatic nitrogens is 1. The molecule has 0 bridgehead atoms. The first kappa shape index (κ1) is 19.2. The van der Waals surface area contributed by atoms with Crippen LogP contribution in [0.3, 0.4) is 0 Å². The minimum absolute atomic E-state index is 0.123. The molecule has 2 fully saturated rings. The molecular formula is C21H19FIN3O2S. The van der Waals surface area contributed by atoms with E-state index in [-0.39, 0.29) is 9.73 Å². The Balaban J connectivity index is 1.23. The Bertz CT molecular complexity index is 1030. The Morgan fingerprint density at radius 1 is 1.17 bits per heavy atom. The summed E-state index contributed by atoms with van der Waals surface area (Å²) in [6.45, 7) is 4.04. The first-order valence-electron chi connectivity index (χ1n) is 9.54. The maximum absolute atomic E-state index is 14.7. The van der Waals surface area contributed by atoms with Crippen LogP contribution in [0.25, 0.3) is 10.2 Å². The van der Waals surface area contributed by atoms with Crippen LogP contribution in [0.5, 0.6) is 10.9 Å². The zero-order valence-corrected chi connectivity index (χ0v) is 18.5. The highest BCUT2D eigenvalue weighted by Crippen LogP contribution is 2.34. The number of hydrogen-bond donors (Lipinski definition) is 0. The number of nitrogens with zero attached hydrogens (tertiary/aromatic N) is 3. The number of carbonyl (C=O) groups is 1. The van der Waals surface area contributed by atoms with E-state index in [1.54, 1.807) is 12.1 Å². The van der Waals surface area contributed by atoms with Crippen LogP contribution in [-0.4, -0.2) is 44.9 Å². The number of rotatable bonds is 4. The average molecular weight is 523 g/mol. The van der Waals surface area contributed by atoms with Gasteiger partial charge in [-0.25, -0.2) is 9.37 Å². The third-order valence-electron chi connectivity index (χ3n) is 5.71. The van der Waals surface area contributed by atoms with Crippen molar-refractivity contribution < 1.29 is 13.9 Å². The summed E-state index contributed by atoms with van der Waals surface area (Å²) in [7, 11) is 0. The molecule has 3 heterocycles. The van der Waals surface area contributed by atoms with Gasteiger partial charge in [-0.15, -0.1) is 0 Å². The molecule has 2 aliphatic heterocycles. The molecule has 2 atom stereocenters. The number of likely N-dealkylation sites (tertiary alicyclic amines) is 2. The van der Waals surface area contributed by atoms with Crippen molar-refractivity contribution in [3.8, 4) is 10.9 Å². The predicted molar refractivity (Wildman–Crippen MR) is 119 cm³/mol. The zero-order chi connectivity index (χ0) is 20.0. The molecule has 150 valence electrons. The number of benzene rings is 2. The maximum Gasteiger partial charge on any atom is 0.283 e.